The lowest BCUT2D eigenvalue weighted by Gasteiger charge is -2.00. The molecule has 0 fully saturated rings. The summed E-state index contributed by atoms with van der Waals surface area (Å²) >= 11 is 1.53. The first-order chi connectivity index (χ1) is 9.27. The van der Waals surface area contributed by atoms with Gasteiger partial charge in [-0.1, -0.05) is 13.3 Å². The Hall–Kier alpha value is -1.29. The molecule has 0 radical (unpaired) electrons. The van der Waals surface area contributed by atoms with Crippen LogP contribution < -0.4 is 0 Å². The Morgan fingerprint density at radius 3 is 2.95 bits per heavy atom. The molecule has 0 unspecified atom stereocenters. The Labute approximate surface area is 119 Å². The van der Waals surface area contributed by atoms with Gasteiger partial charge < -0.3 is 9.47 Å². The van der Waals surface area contributed by atoms with E-state index in [0.717, 1.165) is 32.1 Å². The van der Waals surface area contributed by atoms with Crippen LogP contribution in [0.1, 0.15) is 47.2 Å². The van der Waals surface area contributed by atoms with Gasteiger partial charge in [-0.25, -0.2) is 4.79 Å². The van der Waals surface area contributed by atoms with Crippen LogP contribution in [0.3, 0.4) is 0 Å². The van der Waals surface area contributed by atoms with Crippen molar-refractivity contribution >= 4 is 17.3 Å². The smallest absolute Gasteiger partial charge is 0.348 e. The van der Waals surface area contributed by atoms with E-state index in [1.165, 1.54) is 16.2 Å². The van der Waals surface area contributed by atoms with E-state index in [4.69, 9.17) is 9.47 Å². The third kappa shape index (κ3) is 6.43. The number of carbonyl (C=O) groups is 1. The molecule has 19 heavy (non-hydrogen) atoms. The molecule has 0 bridgehead atoms. The van der Waals surface area contributed by atoms with Crippen LogP contribution in [0.4, 0.5) is 0 Å². The van der Waals surface area contributed by atoms with E-state index in [0.29, 0.717) is 11.5 Å². The van der Waals surface area contributed by atoms with Crippen molar-refractivity contribution in [2.75, 3.05) is 13.7 Å². The number of methoxy groups -OCH3 is 1. The Bertz CT molecular complexity index is 396. The molecule has 0 N–H and O–H groups in total. The van der Waals surface area contributed by atoms with Gasteiger partial charge in [-0.05, 0) is 43.9 Å². The molecule has 1 rings (SSSR count). The molecular formula is C15H22O3S. The largest absolute Gasteiger partial charge is 0.505 e. The molecule has 0 aromatic carbocycles. The molecule has 0 aliphatic carbocycles. The highest BCUT2D eigenvalue weighted by Crippen LogP contribution is 2.19. The first-order valence-electron chi connectivity index (χ1n) is 6.71. The number of thiophene rings is 1. The number of ether oxygens (including phenoxy) is 2. The molecule has 1 heterocycles. The molecule has 3 nitrogen and oxygen atoms in total. The molecule has 1 aromatic heterocycles. The van der Waals surface area contributed by atoms with Gasteiger partial charge in [0.15, 0.2) is 0 Å². The van der Waals surface area contributed by atoms with Crippen molar-refractivity contribution in [3.05, 3.63) is 34.2 Å². The van der Waals surface area contributed by atoms with Crippen LogP contribution in [0.25, 0.3) is 0 Å². The maximum Gasteiger partial charge on any atom is 0.348 e. The zero-order valence-electron chi connectivity index (χ0n) is 11.7. The maximum absolute atomic E-state index is 11.7. The number of aryl methyl sites for hydroxylation is 1. The molecule has 106 valence electrons. The lowest BCUT2D eigenvalue weighted by molar-refractivity contribution is 0.0505. The summed E-state index contributed by atoms with van der Waals surface area (Å²) < 4.78 is 10.0. The monoisotopic (exact) mass is 282 g/mol. The van der Waals surface area contributed by atoms with Crippen molar-refractivity contribution in [3.63, 3.8) is 0 Å². The second kappa shape index (κ2) is 9.62. The van der Waals surface area contributed by atoms with Gasteiger partial charge in [-0.3, -0.25) is 0 Å². The summed E-state index contributed by atoms with van der Waals surface area (Å²) in [6.07, 6.45) is 8.71. The van der Waals surface area contributed by atoms with Gasteiger partial charge in [0.1, 0.15) is 4.88 Å². The number of rotatable bonds is 9. The number of hydrogen-bond donors (Lipinski definition) is 0. The average molecular weight is 282 g/mol. The summed E-state index contributed by atoms with van der Waals surface area (Å²) in [5.74, 6) is -0.191. The van der Waals surface area contributed by atoms with Crippen molar-refractivity contribution < 1.29 is 14.3 Å². The molecule has 0 aliphatic rings. The van der Waals surface area contributed by atoms with E-state index in [2.05, 4.69) is 6.92 Å². The third-order valence-electron chi connectivity index (χ3n) is 2.62. The quantitative estimate of drug-likeness (QED) is 0.387. The second-order valence-electron chi connectivity index (χ2n) is 4.26. The van der Waals surface area contributed by atoms with E-state index in [-0.39, 0.29) is 5.97 Å². The van der Waals surface area contributed by atoms with Gasteiger partial charge in [0, 0.05) is 4.88 Å². The van der Waals surface area contributed by atoms with E-state index in [1.54, 1.807) is 13.4 Å². The standard InChI is InChI=1S/C15H22O3S/c1-3-4-12-18-15(16)14-10-9-13(19-14)8-6-5-7-11-17-2/h7,9-11H,3-6,8,12H2,1-2H3. The average Bonchev–Trinajstić information content (AvgIpc) is 2.87. The van der Waals surface area contributed by atoms with Crippen LogP contribution in [0.5, 0.6) is 0 Å². The van der Waals surface area contributed by atoms with Crippen LogP contribution in [-0.4, -0.2) is 19.7 Å². The number of unbranched alkanes of at least 4 members (excludes halogenated alkanes) is 2. The molecular weight excluding hydrogens is 260 g/mol. The van der Waals surface area contributed by atoms with Gasteiger partial charge in [-0.2, -0.15) is 0 Å². The minimum absolute atomic E-state index is 0.191. The Morgan fingerprint density at radius 2 is 2.21 bits per heavy atom. The van der Waals surface area contributed by atoms with Gasteiger partial charge in [0.2, 0.25) is 0 Å². The van der Waals surface area contributed by atoms with Gasteiger partial charge in [0.25, 0.3) is 0 Å². The Kier molecular flexibility index (Phi) is 7.98. The second-order valence-corrected chi connectivity index (χ2v) is 5.42. The van der Waals surface area contributed by atoms with Crippen LogP contribution in [-0.2, 0) is 15.9 Å². The summed E-state index contributed by atoms with van der Waals surface area (Å²) in [7, 11) is 1.65. The SMILES string of the molecule is CCCCOC(=O)c1ccc(CCCC=COC)s1. The summed E-state index contributed by atoms with van der Waals surface area (Å²) in [6.45, 7) is 2.60. The van der Waals surface area contributed by atoms with Gasteiger partial charge in [-0.15, -0.1) is 11.3 Å². The number of esters is 1. The van der Waals surface area contributed by atoms with Gasteiger partial charge >= 0.3 is 5.97 Å². The van der Waals surface area contributed by atoms with Crippen molar-refractivity contribution in [2.45, 2.75) is 39.0 Å². The molecule has 0 spiro atoms. The molecule has 0 aliphatic heterocycles. The predicted octanol–water partition coefficient (Wildman–Crippen LogP) is 4.19. The zero-order valence-corrected chi connectivity index (χ0v) is 12.5. The highest BCUT2D eigenvalue weighted by molar-refractivity contribution is 7.13. The summed E-state index contributed by atoms with van der Waals surface area (Å²) in [4.78, 5) is 13.6. The fourth-order valence-corrected chi connectivity index (χ4v) is 2.50. The highest BCUT2D eigenvalue weighted by atomic mass is 32.1. The first-order valence-corrected chi connectivity index (χ1v) is 7.53. The Balaban J connectivity index is 2.31. The van der Waals surface area contributed by atoms with E-state index < -0.39 is 0 Å². The maximum atomic E-state index is 11.7. The Morgan fingerprint density at radius 1 is 1.37 bits per heavy atom. The van der Waals surface area contributed by atoms with E-state index in [9.17, 15) is 4.79 Å². The number of hydrogen-bond acceptors (Lipinski definition) is 4. The minimum Gasteiger partial charge on any atom is -0.505 e. The first kappa shape index (κ1) is 15.8. The lowest BCUT2D eigenvalue weighted by atomic mass is 10.2. The van der Waals surface area contributed by atoms with Crippen molar-refractivity contribution in [3.8, 4) is 0 Å². The van der Waals surface area contributed by atoms with E-state index in [1.807, 2.05) is 18.2 Å². The van der Waals surface area contributed by atoms with Crippen LogP contribution in [0, 0.1) is 0 Å². The molecule has 0 atom stereocenters. The number of carbonyl (C=O) groups excluding carboxylic acids is 1. The molecule has 1 aromatic rings. The topological polar surface area (TPSA) is 35.5 Å². The predicted molar refractivity (Wildman–Crippen MR) is 78.6 cm³/mol. The van der Waals surface area contributed by atoms with E-state index >= 15 is 0 Å². The fourth-order valence-electron chi connectivity index (χ4n) is 1.56. The van der Waals surface area contributed by atoms with Crippen molar-refractivity contribution in [1.29, 1.82) is 0 Å². The molecule has 0 saturated carbocycles. The zero-order chi connectivity index (χ0) is 13.9. The molecule has 4 heteroatoms. The van der Waals surface area contributed by atoms with Crippen molar-refractivity contribution in [1.82, 2.24) is 0 Å². The third-order valence-corrected chi connectivity index (χ3v) is 3.75. The minimum atomic E-state index is -0.191. The summed E-state index contributed by atoms with van der Waals surface area (Å²) in [5, 5.41) is 0. The van der Waals surface area contributed by atoms with Crippen LogP contribution in [0.2, 0.25) is 0 Å². The van der Waals surface area contributed by atoms with Crippen LogP contribution in [0.15, 0.2) is 24.5 Å². The van der Waals surface area contributed by atoms with Crippen LogP contribution >= 0.6 is 11.3 Å². The molecule has 0 amide bonds. The number of allylic oxidation sites excluding steroid dienone is 1. The highest BCUT2D eigenvalue weighted by Gasteiger charge is 2.10. The normalized spacial score (nSPS) is 10.8. The van der Waals surface area contributed by atoms with Gasteiger partial charge in [0.05, 0.1) is 20.0 Å². The van der Waals surface area contributed by atoms with Crippen molar-refractivity contribution in [2.24, 2.45) is 0 Å². The fraction of sp³-hybridized carbons (Fsp3) is 0.533. The lowest BCUT2D eigenvalue weighted by Crippen LogP contribution is -2.03. The summed E-state index contributed by atoms with van der Waals surface area (Å²) in [5.41, 5.74) is 0. The summed E-state index contributed by atoms with van der Waals surface area (Å²) in [6, 6.07) is 3.88. The molecule has 0 saturated heterocycles.